The van der Waals surface area contributed by atoms with Gasteiger partial charge in [-0.05, 0) is 19.3 Å². The summed E-state index contributed by atoms with van der Waals surface area (Å²) in [5, 5.41) is 8.76. The molecule has 1 atom stereocenters. The molecule has 1 fully saturated rings. The number of ether oxygens (including phenoxy) is 1. The molecule has 1 N–H and O–H groups in total. The normalized spacial score (nSPS) is 20.1. The van der Waals surface area contributed by atoms with Gasteiger partial charge in [0.15, 0.2) is 0 Å². The predicted octanol–water partition coefficient (Wildman–Crippen LogP) is 2.84. The van der Waals surface area contributed by atoms with E-state index in [0.717, 1.165) is 6.42 Å². The van der Waals surface area contributed by atoms with E-state index in [4.69, 9.17) is 9.84 Å². The molecule has 1 unspecified atom stereocenters. The van der Waals surface area contributed by atoms with Crippen LogP contribution in [0.15, 0.2) is 0 Å². The topological polar surface area (TPSA) is 46.5 Å². The molecule has 0 heterocycles. The molecule has 0 aromatic rings. The Labute approximate surface area is 91.8 Å². The molecule has 0 aliphatic heterocycles. The summed E-state index contributed by atoms with van der Waals surface area (Å²) in [5.74, 6) is -0.0566. The van der Waals surface area contributed by atoms with Gasteiger partial charge in [-0.1, -0.05) is 32.1 Å². The smallest absolute Gasteiger partial charge is 0.305 e. The van der Waals surface area contributed by atoms with Crippen molar-refractivity contribution in [1.82, 2.24) is 0 Å². The van der Waals surface area contributed by atoms with Crippen molar-refractivity contribution in [2.75, 3.05) is 6.61 Å². The molecule has 1 aliphatic rings. The van der Waals surface area contributed by atoms with Crippen LogP contribution in [0.25, 0.3) is 0 Å². The van der Waals surface area contributed by atoms with E-state index < -0.39 is 5.97 Å². The maximum Gasteiger partial charge on any atom is 0.305 e. The average Bonchev–Trinajstić information content (AvgIpc) is 2.18. The van der Waals surface area contributed by atoms with Crippen molar-refractivity contribution in [2.24, 2.45) is 5.92 Å². The van der Waals surface area contributed by atoms with Gasteiger partial charge in [0.2, 0.25) is 0 Å². The second kappa shape index (κ2) is 6.83. The number of hydrogen-bond donors (Lipinski definition) is 1. The van der Waals surface area contributed by atoms with Gasteiger partial charge in [-0.2, -0.15) is 0 Å². The average molecular weight is 214 g/mol. The molecule has 15 heavy (non-hydrogen) atoms. The van der Waals surface area contributed by atoms with Gasteiger partial charge in [-0.15, -0.1) is 0 Å². The third kappa shape index (κ3) is 5.17. The van der Waals surface area contributed by atoms with E-state index in [2.05, 4.69) is 0 Å². The van der Waals surface area contributed by atoms with Crippen LogP contribution in [0.4, 0.5) is 0 Å². The minimum Gasteiger partial charge on any atom is -0.481 e. The summed E-state index contributed by atoms with van der Waals surface area (Å²) in [7, 11) is 0. The zero-order chi connectivity index (χ0) is 11.1. The fourth-order valence-corrected chi connectivity index (χ4v) is 2.44. The first-order chi connectivity index (χ1) is 7.22. The van der Waals surface area contributed by atoms with Crippen LogP contribution in [0.3, 0.4) is 0 Å². The molecule has 0 aromatic carbocycles. The van der Waals surface area contributed by atoms with Crippen molar-refractivity contribution in [3.63, 3.8) is 0 Å². The molecule has 1 saturated carbocycles. The molecule has 3 heteroatoms. The maximum absolute atomic E-state index is 10.6. The van der Waals surface area contributed by atoms with E-state index in [1.165, 1.54) is 32.1 Å². The number of aliphatic carboxylic acids is 1. The van der Waals surface area contributed by atoms with Crippen LogP contribution in [-0.2, 0) is 9.53 Å². The van der Waals surface area contributed by atoms with Gasteiger partial charge in [0.25, 0.3) is 0 Å². The fraction of sp³-hybridized carbons (Fsp3) is 0.917. The molecule has 0 bridgehead atoms. The van der Waals surface area contributed by atoms with Crippen molar-refractivity contribution in [3.8, 4) is 0 Å². The standard InChI is InChI=1S/C12H22O3/c1-2-15-11(9-12(13)14)8-10-6-4-3-5-7-10/h10-11H,2-9H2,1H3,(H,13,14). The maximum atomic E-state index is 10.6. The molecule has 0 saturated heterocycles. The summed E-state index contributed by atoms with van der Waals surface area (Å²) in [4.78, 5) is 10.6. The first-order valence-electron chi connectivity index (χ1n) is 6.05. The van der Waals surface area contributed by atoms with Crippen LogP contribution in [0.5, 0.6) is 0 Å². The predicted molar refractivity (Wildman–Crippen MR) is 58.9 cm³/mol. The molecule has 1 rings (SSSR count). The summed E-state index contributed by atoms with van der Waals surface area (Å²) in [5.41, 5.74) is 0. The van der Waals surface area contributed by atoms with Gasteiger partial charge in [0.05, 0.1) is 12.5 Å². The van der Waals surface area contributed by atoms with Crippen molar-refractivity contribution in [1.29, 1.82) is 0 Å². The van der Waals surface area contributed by atoms with Gasteiger partial charge < -0.3 is 9.84 Å². The van der Waals surface area contributed by atoms with Crippen LogP contribution in [0.1, 0.15) is 51.9 Å². The van der Waals surface area contributed by atoms with Crippen LogP contribution < -0.4 is 0 Å². The number of hydrogen-bond acceptors (Lipinski definition) is 2. The van der Waals surface area contributed by atoms with Gasteiger partial charge >= 0.3 is 5.97 Å². The minimum absolute atomic E-state index is 0.0735. The molecule has 1 aliphatic carbocycles. The second-order valence-electron chi connectivity index (χ2n) is 4.41. The van der Waals surface area contributed by atoms with Crippen molar-refractivity contribution < 1.29 is 14.6 Å². The number of carboxylic acid groups (broad SMARTS) is 1. The van der Waals surface area contributed by atoms with Crippen LogP contribution in [0.2, 0.25) is 0 Å². The van der Waals surface area contributed by atoms with E-state index in [0.29, 0.717) is 12.5 Å². The van der Waals surface area contributed by atoms with Crippen LogP contribution in [0, 0.1) is 5.92 Å². The lowest BCUT2D eigenvalue weighted by Crippen LogP contribution is -2.22. The third-order valence-corrected chi connectivity index (χ3v) is 3.13. The lowest BCUT2D eigenvalue weighted by molar-refractivity contribution is -0.140. The van der Waals surface area contributed by atoms with Crippen molar-refractivity contribution >= 4 is 5.97 Å². The summed E-state index contributed by atoms with van der Waals surface area (Å²) in [6, 6.07) is 0. The number of carbonyl (C=O) groups is 1. The Morgan fingerprint density at radius 3 is 2.60 bits per heavy atom. The molecular formula is C12H22O3. The van der Waals surface area contributed by atoms with Crippen molar-refractivity contribution in [2.45, 2.75) is 58.0 Å². The highest BCUT2D eigenvalue weighted by atomic mass is 16.5. The van der Waals surface area contributed by atoms with Gasteiger partial charge in [0.1, 0.15) is 0 Å². The largest absolute Gasteiger partial charge is 0.481 e. The molecule has 0 amide bonds. The highest BCUT2D eigenvalue weighted by Gasteiger charge is 2.20. The van der Waals surface area contributed by atoms with Gasteiger partial charge in [-0.25, -0.2) is 0 Å². The Hall–Kier alpha value is -0.570. The molecular weight excluding hydrogens is 192 g/mol. The fourth-order valence-electron chi connectivity index (χ4n) is 2.44. The summed E-state index contributed by atoms with van der Waals surface area (Å²) in [6.45, 7) is 2.54. The first-order valence-corrected chi connectivity index (χ1v) is 6.05. The zero-order valence-corrected chi connectivity index (χ0v) is 9.58. The molecule has 88 valence electrons. The van der Waals surface area contributed by atoms with E-state index in [9.17, 15) is 4.79 Å². The lowest BCUT2D eigenvalue weighted by Gasteiger charge is -2.25. The Morgan fingerprint density at radius 1 is 1.40 bits per heavy atom. The second-order valence-corrected chi connectivity index (χ2v) is 4.41. The van der Waals surface area contributed by atoms with E-state index >= 15 is 0 Å². The van der Waals surface area contributed by atoms with Gasteiger partial charge in [0, 0.05) is 6.61 Å². The monoisotopic (exact) mass is 214 g/mol. The SMILES string of the molecule is CCOC(CC(=O)O)CC1CCCCC1. The minimum atomic E-state index is -0.746. The van der Waals surface area contributed by atoms with E-state index in [-0.39, 0.29) is 12.5 Å². The quantitative estimate of drug-likeness (QED) is 0.739. The summed E-state index contributed by atoms with van der Waals surface area (Å²) >= 11 is 0. The molecule has 3 nitrogen and oxygen atoms in total. The molecule has 0 aromatic heterocycles. The molecule has 0 radical (unpaired) electrons. The zero-order valence-electron chi connectivity index (χ0n) is 9.58. The van der Waals surface area contributed by atoms with Crippen LogP contribution >= 0.6 is 0 Å². The molecule has 0 spiro atoms. The Kier molecular flexibility index (Phi) is 5.69. The summed E-state index contributed by atoms with van der Waals surface area (Å²) < 4.78 is 5.47. The Balaban J connectivity index is 2.31. The van der Waals surface area contributed by atoms with E-state index in [1.807, 2.05) is 6.92 Å². The third-order valence-electron chi connectivity index (χ3n) is 3.13. The number of rotatable bonds is 6. The van der Waals surface area contributed by atoms with Crippen LogP contribution in [-0.4, -0.2) is 23.8 Å². The number of carboxylic acids is 1. The highest BCUT2D eigenvalue weighted by Crippen LogP contribution is 2.28. The van der Waals surface area contributed by atoms with Gasteiger partial charge in [-0.3, -0.25) is 4.79 Å². The lowest BCUT2D eigenvalue weighted by atomic mass is 9.85. The first kappa shape index (κ1) is 12.5. The Morgan fingerprint density at radius 2 is 2.07 bits per heavy atom. The Bertz CT molecular complexity index is 185. The van der Waals surface area contributed by atoms with E-state index in [1.54, 1.807) is 0 Å². The summed E-state index contributed by atoms with van der Waals surface area (Å²) in [6.07, 6.45) is 7.47. The van der Waals surface area contributed by atoms with Crippen molar-refractivity contribution in [3.05, 3.63) is 0 Å². The highest BCUT2D eigenvalue weighted by molar-refractivity contribution is 5.67.